The lowest BCUT2D eigenvalue weighted by atomic mass is 9.91. The van der Waals surface area contributed by atoms with Crippen LogP contribution in [0.2, 0.25) is 0 Å². The second-order valence-electron chi connectivity index (χ2n) is 4.63. The van der Waals surface area contributed by atoms with E-state index in [-0.39, 0.29) is 12.8 Å². The van der Waals surface area contributed by atoms with Crippen molar-refractivity contribution in [3.8, 4) is 0 Å². The summed E-state index contributed by atoms with van der Waals surface area (Å²) in [6.07, 6.45) is -6.76. The molecule has 0 heterocycles. The highest BCUT2D eigenvalue weighted by atomic mass is 19.4. The van der Waals surface area contributed by atoms with Gasteiger partial charge in [-0.05, 0) is 12.0 Å². The zero-order valence-corrected chi connectivity index (χ0v) is 11.1. The van der Waals surface area contributed by atoms with Crippen molar-refractivity contribution in [2.75, 3.05) is 0 Å². The van der Waals surface area contributed by atoms with Crippen LogP contribution in [0.5, 0.6) is 0 Å². The van der Waals surface area contributed by atoms with E-state index in [1.165, 1.54) is 13.0 Å². The summed E-state index contributed by atoms with van der Waals surface area (Å²) in [6, 6.07) is 3.47. The molecule has 0 saturated heterocycles. The molecule has 0 amide bonds. The van der Waals surface area contributed by atoms with Gasteiger partial charge in [0.25, 0.3) is 0 Å². The Morgan fingerprint density at radius 2 is 1.27 bits per heavy atom. The van der Waals surface area contributed by atoms with Crippen LogP contribution in [0.1, 0.15) is 24.5 Å². The van der Waals surface area contributed by atoms with Crippen LogP contribution in [0, 0.1) is 0 Å². The number of hydrogen-bond donors (Lipinski definition) is 0. The Bertz CT molecular complexity index is 516. The summed E-state index contributed by atoms with van der Waals surface area (Å²) in [7, 11) is 0. The molecule has 0 nitrogen and oxygen atoms in total. The van der Waals surface area contributed by atoms with Crippen LogP contribution >= 0.6 is 0 Å². The maximum atomic E-state index is 13.8. The van der Waals surface area contributed by atoms with Gasteiger partial charge in [0.05, 0.1) is 0 Å². The second kappa shape index (κ2) is 5.66. The molecule has 1 aromatic carbocycles. The predicted octanol–water partition coefficient (Wildman–Crippen LogP) is 5.56. The van der Waals surface area contributed by atoms with Crippen LogP contribution in [0.25, 0.3) is 0 Å². The van der Waals surface area contributed by atoms with Gasteiger partial charge in [0.1, 0.15) is 0 Å². The third kappa shape index (κ3) is 2.77. The first-order valence-electron chi connectivity index (χ1n) is 6.09. The Balaban J connectivity index is 3.46. The Morgan fingerprint density at radius 1 is 0.773 bits per heavy atom. The number of benzene rings is 1. The molecule has 0 spiro atoms. The van der Waals surface area contributed by atoms with Gasteiger partial charge in [-0.25, -0.2) is 0 Å². The van der Waals surface area contributed by atoms with Crippen LogP contribution < -0.4 is 0 Å². The normalized spacial score (nSPS) is 14.3. The highest BCUT2D eigenvalue weighted by Crippen LogP contribution is 2.57. The maximum Gasteiger partial charge on any atom is 0.460 e. The van der Waals surface area contributed by atoms with E-state index in [1.807, 2.05) is 0 Å². The largest absolute Gasteiger partial charge is 0.460 e. The zero-order valence-electron chi connectivity index (χ0n) is 11.1. The van der Waals surface area contributed by atoms with Crippen molar-refractivity contribution in [2.24, 2.45) is 0 Å². The first kappa shape index (κ1) is 18.6. The quantitative estimate of drug-likeness (QED) is 0.616. The average molecular weight is 338 g/mol. The van der Waals surface area contributed by atoms with Crippen LogP contribution in [-0.4, -0.2) is 18.0 Å². The molecule has 126 valence electrons. The number of aryl methyl sites for hydroxylation is 1. The highest BCUT2D eigenvalue weighted by Gasteiger charge is 2.82. The summed E-state index contributed by atoms with van der Waals surface area (Å²) in [5.41, 5.74) is -1.95. The highest BCUT2D eigenvalue weighted by molar-refractivity contribution is 5.33. The minimum Gasteiger partial charge on any atom is -0.194 e. The lowest BCUT2D eigenvalue weighted by Crippen LogP contribution is -2.59. The van der Waals surface area contributed by atoms with Crippen molar-refractivity contribution >= 4 is 0 Å². The van der Waals surface area contributed by atoms with E-state index < -0.39 is 35.1 Å². The summed E-state index contributed by atoms with van der Waals surface area (Å²) < 4.78 is 116. The molecule has 0 aliphatic heterocycles. The van der Waals surface area contributed by atoms with E-state index in [1.54, 1.807) is 0 Å². The fourth-order valence-corrected chi connectivity index (χ4v) is 1.86. The van der Waals surface area contributed by atoms with E-state index >= 15 is 0 Å². The van der Waals surface area contributed by atoms with Gasteiger partial charge in [-0.2, -0.15) is 39.5 Å². The van der Waals surface area contributed by atoms with Gasteiger partial charge >= 0.3 is 23.9 Å². The molecule has 1 rings (SSSR count). The fraction of sp³-hybridized carbons (Fsp3) is 0.538. The van der Waals surface area contributed by atoms with E-state index in [0.29, 0.717) is 6.07 Å². The van der Waals surface area contributed by atoms with Crippen LogP contribution in [0.3, 0.4) is 0 Å². The number of hydrogen-bond acceptors (Lipinski definition) is 0. The van der Waals surface area contributed by atoms with Crippen molar-refractivity contribution in [3.63, 3.8) is 0 Å². The van der Waals surface area contributed by atoms with Gasteiger partial charge in [-0.1, -0.05) is 37.6 Å². The average Bonchev–Trinajstić information content (AvgIpc) is 2.37. The summed E-state index contributed by atoms with van der Waals surface area (Å²) in [5, 5.41) is 0. The van der Waals surface area contributed by atoms with Gasteiger partial charge in [0.2, 0.25) is 0 Å². The molecule has 0 atom stereocenters. The monoisotopic (exact) mass is 338 g/mol. The van der Waals surface area contributed by atoms with E-state index in [4.69, 9.17) is 0 Å². The third-order valence-electron chi connectivity index (χ3n) is 3.02. The summed E-state index contributed by atoms with van der Waals surface area (Å²) in [4.78, 5) is 0. The molecule has 22 heavy (non-hydrogen) atoms. The van der Waals surface area contributed by atoms with Crippen LogP contribution in [0.4, 0.5) is 39.5 Å². The molecule has 1 aromatic rings. The van der Waals surface area contributed by atoms with Crippen molar-refractivity contribution in [2.45, 2.75) is 43.7 Å². The smallest absolute Gasteiger partial charge is 0.194 e. The summed E-state index contributed by atoms with van der Waals surface area (Å²) >= 11 is 0. The lowest BCUT2D eigenvalue weighted by molar-refractivity contribution is -0.399. The second-order valence-corrected chi connectivity index (χ2v) is 4.63. The zero-order chi connectivity index (χ0) is 17.4. The van der Waals surface area contributed by atoms with Crippen molar-refractivity contribution in [3.05, 3.63) is 35.4 Å². The van der Waals surface area contributed by atoms with Gasteiger partial charge < -0.3 is 0 Å². The van der Waals surface area contributed by atoms with Gasteiger partial charge in [-0.15, -0.1) is 0 Å². The van der Waals surface area contributed by atoms with Crippen molar-refractivity contribution in [1.82, 2.24) is 0 Å². The van der Waals surface area contributed by atoms with Gasteiger partial charge in [0, 0.05) is 5.56 Å². The first-order chi connectivity index (χ1) is 9.80. The van der Waals surface area contributed by atoms with Crippen LogP contribution in [-0.2, 0) is 12.3 Å². The standard InChI is InChI=1S/C13H11F9/c1-2-5-8-6-3-4-7-9(8)10(14,15)11(16,17)12(18,19)13(20,21)22/h3-4,6-7H,2,5H2,1H3. The molecule has 9 heteroatoms. The Hall–Kier alpha value is -1.41. The number of rotatable bonds is 5. The predicted molar refractivity (Wildman–Crippen MR) is 60.3 cm³/mol. The van der Waals surface area contributed by atoms with Crippen LogP contribution in [0.15, 0.2) is 24.3 Å². The molecule has 0 saturated carbocycles. The molecule has 0 N–H and O–H groups in total. The Kier molecular flexibility index (Phi) is 4.79. The SMILES string of the molecule is CCCc1ccccc1C(F)(F)C(F)(F)C(F)(F)C(F)(F)F. The molecule has 0 aliphatic rings. The van der Waals surface area contributed by atoms with Gasteiger partial charge in [-0.3, -0.25) is 0 Å². The summed E-state index contributed by atoms with van der Waals surface area (Å²) in [6.45, 7) is 1.51. The lowest BCUT2D eigenvalue weighted by Gasteiger charge is -2.34. The maximum absolute atomic E-state index is 13.8. The summed E-state index contributed by atoms with van der Waals surface area (Å²) in [5.74, 6) is -19.2. The van der Waals surface area contributed by atoms with Gasteiger partial charge in [0.15, 0.2) is 0 Å². The molecule has 0 unspecified atom stereocenters. The Morgan fingerprint density at radius 3 is 1.73 bits per heavy atom. The van der Waals surface area contributed by atoms with Crippen molar-refractivity contribution in [1.29, 1.82) is 0 Å². The van der Waals surface area contributed by atoms with Crippen molar-refractivity contribution < 1.29 is 39.5 Å². The number of alkyl halides is 9. The third-order valence-corrected chi connectivity index (χ3v) is 3.02. The molecule has 0 radical (unpaired) electrons. The minimum absolute atomic E-state index is 0.167. The molecule has 0 bridgehead atoms. The molecule has 0 fully saturated rings. The molecular formula is C13H11F9. The number of halogens is 9. The van der Waals surface area contributed by atoms with E-state index in [9.17, 15) is 39.5 Å². The Labute approximate surface area is 119 Å². The molecular weight excluding hydrogens is 327 g/mol. The molecule has 0 aromatic heterocycles. The van der Waals surface area contributed by atoms with E-state index in [2.05, 4.69) is 0 Å². The first-order valence-corrected chi connectivity index (χ1v) is 6.09. The minimum atomic E-state index is -6.87. The fourth-order valence-electron chi connectivity index (χ4n) is 1.86. The molecule has 0 aliphatic carbocycles. The van der Waals surface area contributed by atoms with E-state index in [0.717, 1.165) is 12.1 Å². The topological polar surface area (TPSA) is 0 Å².